The monoisotopic (exact) mass is 306 g/mol. The van der Waals surface area contributed by atoms with Crippen molar-refractivity contribution in [3.8, 4) is 0 Å². The Balaban J connectivity index is -0.0000000947. The molecule has 0 aliphatic heterocycles. The zero-order chi connectivity index (χ0) is 17.0. The molecule has 0 aromatic heterocycles. The molecule has 0 radical (unpaired) electrons. The molecular formula is C16H38N2OS. The molecule has 0 amide bonds. The van der Waals surface area contributed by atoms with E-state index in [9.17, 15) is 4.79 Å². The average Bonchev–Trinajstić information content (AvgIpc) is 2.39. The smallest absolute Gasteiger partial charge is 0.119 e. The minimum atomic E-state index is 0.639. The highest BCUT2D eigenvalue weighted by molar-refractivity contribution is 7.80. The molecule has 3 nitrogen and oxygen atoms in total. The van der Waals surface area contributed by atoms with Gasteiger partial charge in [0.2, 0.25) is 0 Å². The van der Waals surface area contributed by atoms with Gasteiger partial charge in [0.15, 0.2) is 0 Å². The normalized spacial score (nSPS) is 8.35. The highest BCUT2D eigenvalue weighted by Crippen LogP contribution is 1.86. The van der Waals surface area contributed by atoms with Gasteiger partial charge in [-0.25, -0.2) is 0 Å². The lowest BCUT2D eigenvalue weighted by Gasteiger charge is -2.04. The molecule has 0 heterocycles. The number of aldehydes is 1. The number of hydrogen-bond donors (Lipinski definition) is 2. The summed E-state index contributed by atoms with van der Waals surface area (Å²) in [6.45, 7) is 18.5. The number of thiocarbonyl (C=S) groups is 1. The number of carbonyl (C=O) groups excluding carboxylic acids is 1. The Morgan fingerprint density at radius 2 is 1.45 bits per heavy atom. The average molecular weight is 307 g/mol. The van der Waals surface area contributed by atoms with Gasteiger partial charge >= 0.3 is 0 Å². The molecule has 0 fully saturated rings. The van der Waals surface area contributed by atoms with Gasteiger partial charge in [0.25, 0.3) is 0 Å². The fourth-order valence-electron chi connectivity index (χ4n) is 0.756. The highest BCUT2D eigenvalue weighted by atomic mass is 32.1. The van der Waals surface area contributed by atoms with Crippen LogP contribution in [0.3, 0.4) is 0 Å². The lowest BCUT2D eigenvalue weighted by Crippen LogP contribution is -2.22. The first-order valence-corrected chi connectivity index (χ1v) is 8.05. The molecule has 0 aromatic rings. The van der Waals surface area contributed by atoms with E-state index in [1.807, 2.05) is 34.7 Å². The Morgan fingerprint density at radius 3 is 1.50 bits per heavy atom. The highest BCUT2D eigenvalue weighted by Gasteiger charge is 1.90. The number of nitrogens with one attached hydrogen (secondary N) is 2. The number of carbonyl (C=O) groups is 1. The second-order valence-electron chi connectivity index (χ2n) is 4.86. The van der Waals surface area contributed by atoms with Gasteiger partial charge in [-0.15, -0.1) is 0 Å². The Hall–Kier alpha value is -0.480. The van der Waals surface area contributed by atoms with E-state index < -0.39 is 0 Å². The third kappa shape index (κ3) is 65.9. The van der Waals surface area contributed by atoms with Crippen molar-refractivity contribution in [2.24, 2.45) is 11.8 Å². The summed E-state index contributed by atoms with van der Waals surface area (Å²) in [5, 5.41) is 6.14. The first-order valence-electron chi connectivity index (χ1n) is 7.64. The predicted molar refractivity (Wildman–Crippen MR) is 97.6 cm³/mol. The van der Waals surface area contributed by atoms with Crippen LogP contribution < -0.4 is 10.6 Å². The van der Waals surface area contributed by atoms with E-state index in [4.69, 9.17) is 12.2 Å². The molecule has 0 bridgehead atoms. The zero-order valence-corrected chi connectivity index (χ0v) is 16.0. The van der Waals surface area contributed by atoms with Gasteiger partial charge in [-0.2, -0.15) is 0 Å². The molecule has 0 aliphatic rings. The molecule has 0 aliphatic carbocycles. The van der Waals surface area contributed by atoms with Gasteiger partial charge in [-0.1, -0.05) is 60.7 Å². The van der Waals surface area contributed by atoms with Gasteiger partial charge in [-0.3, -0.25) is 0 Å². The maximum atomic E-state index is 9.17. The minimum Gasteiger partial charge on any atom is -0.380 e. The van der Waals surface area contributed by atoms with Gasteiger partial charge in [-0.05, 0) is 32.4 Å². The van der Waals surface area contributed by atoms with Crippen molar-refractivity contribution in [2.75, 3.05) is 20.1 Å². The van der Waals surface area contributed by atoms with Crippen LogP contribution in [0, 0.1) is 11.8 Å². The predicted octanol–water partition coefficient (Wildman–Crippen LogP) is 4.06. The number of hydrogen-bond acceptors (Lipinski definition) is 3. The van der Waals surface area contributed by atoms with E-state index in [0.717, 1.165) is 30.3 Å². The molecule has 0 rings (SSSR count). The van der Waals surface area contributed by atoms with Crippen molar-refractivity contribution in [3.63, 3.8) is 0 Å². The van der Waals surface area contributed by atoms with Crippen molar-refractivity contribution in [1.82, 2.24) is 10.6 Å². The topological polar surface area (TPSA) is 41.1 Å². The fourth-order valence-corrected chi connectivity index (χ4v) is 0.839. The van der Waals surface area contributed by atoms with Crippen LogP contribution in [-0.2, 0) is 4.79 Å². The molecule has 0 atom stereocenters. The summed E-state index contributed by atoms with van der Waals surface area (Å²) in [6, 6.07) is 0. The van der Waals surface area contributed by atoms with E-state index in [1.54, 1.807) is 0 Å². The molecule has 0 saturated carbocycles. The summed E-state index contributed by atoms with van der Waals surface area (Å²) in [4.78, 5) is 10.1. The Kier molecular flexibility index (Phi) is 37.5. The SMILES string of the molecule is CC.CC(=S)NCC(C)C.CCC=O.CNCC(C)C. The van der Waals surface area contributed by atoms with Crippen molar-refractivity contribution < 1.29 is 4.79 Å². The summed E-state index contributed by atoms with van der Waals surface area (Å²) >= 11 is 4.80. The van der Waals surface area contributed by atoms with Crippen molar-refractivity contribution in [3.05, 3.63) is 0 Å². The van der Waals surface area contributed by atoms with Crippen LogP contribution in [0.15, 0.2) is 0 Å². The Bertz CT molecular complexity index is 183. The minimum absolute atomic E-state index is 0.639. The summed E-state index contributed by atoms with van der Waals surface area (Å²) in [6.07, 6.45) is 1.51. The molecule has 2 N–H and O–H groups in total. The van der Waals surface area contributed by atoms with Gasteiger partial charge in [0.05, 0.1) is 4.99 Å². The molecular weight excluding hydrogens is 268 g/mol. The third-order valence-corrected chi connectivity index (χ3v) is 1.68. The lowest BCUT2D eigenvalue weighted by molar-refractivity contribution is -0.107. The van der Waals surface area contributed by atoms with Gasteiger partial charge in [0.1, 0.15) is 6.29 Å². The Morgan fingerprint density at radius 1 is 1.10 bits per heavy atom. The van der Waals surface area contributed by atoms with Gasteiger partial charge < -0.3 is 15.4 Å². The van der Waals surface area contributed by atoms with E-state index in [2.05, 4.69) is 38.3 Å². The van der Waals surface area contributed by atoms with Crippen LogP contribution >= 0.6 is 12.2 Å². The molecule has 20 heavy (non-hydrogen) atoms. The largest absolute Gasteiger partial charge is 0.380 e. The molecule has 0 aromatic carbocycles. The maximum Gasteiger partial charge on any atom is 0.119 e. The van der Waals surface area contributed by atoms with Crippen molar-refractivity contribution in [2.45, 2.75) is 61.8 Å². The molecule has 124 valence electrons. The third-order valence-electron chi connectivity index (χ3n) is 1.54. The Labute approximate surface area is 133 Å². The fraction of sp³-hybridized carbons (Fsp3) is 0.875. The quantitative estimate of drug-likeness (QED) is 0.593. The van der Waals surface area contributed by atoms with Crippen LogP contribution in [0.25, 0.3) is 0 Å². The first kappa shape index (κ1) is 27.8. The summed E-state index contributed by atoms with van der Waals surface area (Å²) < 4.78 is 0. The molecule has 4 heteroatoms. The first-order chi connectivity index (χ1) is 9.31. The van der Waals surface area contributed by atoms with E-state index in [1.165, 1.54) is 0 Å². The second-order valence-corrected chi connectivity index (χ2v) is 5.47. The standard InChI is InChI=1S/C6H13NS.C5H13N.C3H6O.C2H6/c1-5(2)4-7-6(3)8;1-5(2)4-6-3;1-2-3-4;1-2/h5H,4H2,1-3H3,(H,7,8);5-6H,4H2,1-3H3;3H,2H2,1H3;1-2H3. The lowest BCUT2D eigenvalue weighted by atomic mass is 10.2. The van der Waals surface area contributed by atoms with E-state index >= 15 is 0 Å². The van der Waals surface area contributed by atoms with Crippen molar-refractivity contribution >= 4 is 23.5 Å². The molecule has 0 unspecified atom stereocenters. The van der Waals surface area contributed by atoms with Crippen LogP contribution in [0.5, 0.6) is 0 Å². The van der Waals surface area contributed by atoms with Crippen molar-refractivity contribution in [1.29, 1.82) is 0 Å². The summed E-state index contributed by atoms with van der Waals surface area (Å²) in [5.41, 5.74) is 0. The van der Waals surface area contributed by atoms with Gasteiger partial charge in [0, 0.05) is 13.0 Å². The van der Waals surface area contributed by atoms with Crippen LogP contribution in [0.1, 0.15) is 61.8 Å². The van der Waals surface area contributed by atoms with E-state index in [-0.39, 0.29) is 0 Å². The molecule has 0 saturated heterocycles. The second kappa shape index (κ2) is 27.0. The maximum absolute atomic E-state index is 9.17. The zero-order valence-electron chi connectivity index (χ0n) is 15.2. The molecule has 0 spiro atoms. The number of rotatable bonds is 5. The van der Waals surface area contributed by atoms with Crippen LogP contribution in [-0.4, -0.2) is 31.4 Å². The van der Waals surface area contributed by atoms with E-state index in [0.29, 0.717) is 12.3 Å². The van der Waals surface area contributed by atoms with Crippen LogP contribution in [0.4, 0.5) is 0 Å². The van der Waals surface area contributed by atoms with Crippen LogP contribution in [0.2, 0.25) is 0 Å². The summed E-state index contributed by atoms with van der Waals surface area (Å²) in [5.74, 6) is 1.47. The summed E-state index contributed by atoms with van der Waals surface area (Å²) in [7, 11) is 1.97.